The van der Waals surface area contributed by atoms with Crippen LogP contribution in [0.4, 0.5) is 0 Å². The highest BCUT2D eigenvalue weighted by molar-refractivity contribution is 7.88. The van der Waals surface area contributed by atoms with Crippen molar-refractivity contribution in [2.75, 3.05) is 26.0 Å². The van der Waals surface area contributed by atoms with Crippen molar-refractivity contribution >= 4 is 10.0 Å². The Bertz CT molecular complexity index is 1210. The predicted octanol–water partition coefficient (Wildman–Crippen LogP) is 2.71. The molecule has 9 heteroatoms. The zero-order chi connectivity index (χ0) is 23.9. The maximum absolute atomic E-state index is 13.1. The molecule has 2 aromatic rings. The Morgan fingerprint density at radius 1 is 1.09 bits per heavy atom. The molecule has 0 spiro atoms. The van der Waals surface area contributed by atoms with Crippen LogP contribution in [0.2, 0.25) is 0 Å². The van der Waals surface area contributed by atoms with E-state index in [-0.39, 0.29) is 17.2 Å². The fourth-order valence-corrected chi connectivity index (χ4v) is 6.02. The molecule has 0 amide bonds. The van der Waals surface area contributed by atoms with Gasteiger partial charge in [0.25, 0.3) is 5.56 Å². The SMILES string of the molecule is CCn1c(CN2Cc3ccc(C4CC4)cc3C2)ncc(OCC2CCN(S(C)(=O)=O)CC2)c1=O. The van der Waals surface area contributed by atoms with E-state index in [4.69, 9.17) is 4.74 Å². The van der Waals surface area contributed by atoms with E-state index in [9.17, 15) is 13.2 Å². The monoisotopic (exact) mass is 486 g/mol. The summed E-state index contributed by atoms with van der Waals surface area (Å²) in [6, 6.07) is 6.91. The summed E-state index contributed by atoms with van der Waals surface area (Å²) < 4.78 is 32.5. The topological polar surface area (TPSA) is 84.7 Å². The van der Waals surface area contributed by atoms with E-state index in [2.05, 4.69) is 28.1 Å². The van der Waals surface area contributed by atoms with E-state index in [0.717, 1.165) is 37.7 Å². The summed E-state index contributed by atoms with van der Waals surface area (Å²) in [5.41, 5.74) is 4.09. The number of nitrogens with zero attached hydrogens (tertiary/aromatic N) is 4. The average molecular weight is 487 g/mol. The molecular formula is C25H34N4O4S. The maximum atomic E-state index is 13.1. The minimum absolute atomic E-state index is 0.145. The lowest BCUT2D eigenvalue weighted by Gasteiger charge is -2.30. The molecule has 1 aliphatic carbocycles. The number of ether oxygens (including phenoxy) is 1. The van der Waals surface area contributed by atoms with Crippen LogP contribution in [0.1, 0.15) is 61.0 Å². The quantitative estimate of drug-likeness (QED) is 0.571. The van der Waals surface area contributed by atoms with Gasteiger partial charge in [-0.2, -0.15) is 0 Å². The summed E-state index contributed by atoms with van der Waals surface area (Å²) >= 11 is 0. The van der Waals surface area contributed by atoms with Gasteiger partial charge in [0.2, 0.25) is 15.8 Å². The first-order valence-corrected chi connectivity index (χ1v) is 14.2. The average Bonchev–Trinajstić information content (AvgIpc) is 3.58. The van der Waals surface area contributed by atoms with Crippen molar-refractivity contribution in [2.24, 2.45) is 5.92 Å². The van der Waals surface area contributed by atoms with E-state index >= 15 is 0 Å². The van der Waals surface area contributed by atoms with Crippen molar-refractivity contribution < 1.29 is 13.2 Å². The summed E-state index contributed by atoms with van der Waals surface area (Å²) in [6.45, 7) is 6.30. The second-order valence-electron chi connectivity index (χ2n) is 9.95. The summed E-state index contributed by atoms with van der Waals surface area (Å²) in [5.74, 6) is 2.02. The van der Waals surface area contributed by atoms with Crippen LogP contribution in [0.25, 0.3) is 0 Å². The first kappa shape index (κ1) is 23.5. The molecule has 0 unspecified atom stereocenters. The van der Waals surface area contributed by atoms with Gasteiger partial charge in [0.15, 0.2) is 0 Å². The van der Waals surface area contributed by atoms with E-state index < -0.39 is 10.0 Å². The lowest BCUT2D eigenvalue weighted by Crippen LogP contribution is -2.39. The van der Waals surface area contributed by atoms with Crippen molar-refractivity contribution in [1.82, 2.24) is 18.8 Å². The molecule has 0 N–H and O–H groups in total. The third-order valence-electron chi connectivity index (χ3n) is 7.36. The third kappa shape index (κ3) is 5.06. The molecule has 5 rings (SSSR count). The molecule has 2 fully saturated rings. The molecule has 2 aliphatic heterocycles. The largest absolute Gasteiger partial charge is 0.486 e. The highest BCUT2D eigenvalue weighted by Gasteiger charge is 2.28. The van der Waals surface area contributed by atoms with E-state index in [1.807, 2.05) is 6.92 Å². The second kappa shape index (κ2) is 9.43. The summed E-state index contributed by atoms with van der Waals surface area (Å²) in [6.07, 6.45) is 6.89. The zero-order valence-corrected chi connectivity index (χ0v) is 20.9. The van der Waals surface area contributed by atoms with Gasteiger partial charge in [0.1, 0.15) is 5.82 Å². The van der Waals surface area contributed by atoms with E-state index in [0.29, 0.717) is 32.8 Å². The number of aromatic nitrogens is 2. The van der Waals surface area contributed by atoms with Crippen molar-refractivity contribution in [3.05, 3.63) is 57.3 Å². The van der Waals surface area contributed by atoms with Crippen LogP contribution in [-0.4, -0.2) is 53.1 Å². The van der Waals surface area contributed by atoms with Gasteiger partial charge in [-0.15, -0.1) is 0 Å². The standard InChI is InChI=1S/C25H34N4O4S/c1-3-29-24(16-27-14-21-7-6-20(19-4-5-19)12-22(21)15-27)26-13-23(25(29)30)33-17-18-8-10-28(11-9-18)34(2,31)32/h6-7,12-13,18-19H,3-5,8-11,14-17H2,1-2H3. The number of sulfonamides is 1. The fourth-order valence-electron chi connectivity index (χ4n) is 5.14. The molecule has 1 aromatic carbocycles. The normalized spacial score (nSPS) is 19.9. The number of rotatable bonds is 8. The Hall–Kier alpha value is -2.23. The van der Waals surface area contributed by atoms with E-state index in [1.165, 1.54) is 40.1 Å². The highest BCUT2D eigenvalue weighted by Crippen LogP contribution is 2.41. The molecule has 184 valence electrons. The Kier molecular flexibility index (Phi) is 6.52. The maximum Gasteiger partial charge on any atom is 0.295 e. The number of fused-ring (bicyclic) bond motifs is 1. The summed E-state index contributed by atoms with van der Waals surface area (Å²) in [4.78, 5) is 20.0. The first-order valence-electron chi connectivity index (χ1n) is 12.3. The molecule has 0 bridgehead atoms. The molecule has 34 heavy (non-hydrogen) atoms. The highest BCUT2D eigenvalue weighted by atomic mass is 32.2. The minimum Gasteiger partial charge on any atom is -0.486 e. The number of hydrogen-bond acceptors (Lipinski definition) is 6. The Labute approximate surface area is 201 Å². The number of piperidine rings is 1. The van der Waals surface area contributed by atoms with Crippen LogP contribution in [0.3, 0.4) is 0 Å². The third-order valence-corrected chi connectivity index (χ3v) is 8.67. The van der Waals surface area contributed by atoms with Gasteiger partial charge in [-0.3, -0.25) is 14.3 Å². The van der Waals surface area contributed by atoms with Gasteiger partial charge in [-0.05, 0) is 61.1 Å². The zero-order valence-electron chi connectivity index (χ0n) is 20.1. The second-order valence-corrected chi connectivity index (χ2v) is 11.9. The smallest absolute Gasteiger partial charge is 0.295 e. The molecule has 3 heterocycles. The predicted molar refractivity (Wildman–Crippen MR) is 130 cm³/mol. The van der Waals surface area contributed by atoms with E-state index in [1.54, 1.807) is 10.8 Å². The van der Waals surface area contributed by atoms with Crippen molar-refractivity contribution in [3.8, 4) is 5.75 Å². The van der Waals surface area contributed by atoms with Gasteiger partial charge < -0.3 is 4.74 Å². The Morgan fingerprint density at radius 3 is 2.50 bits per heavy atom. The van der Waals surface area contributed by atoms with Crippen LogP contribution < -0.4 is 10.3 Å². The summed E-state index contributed by atoms with van der Waals surface area (Å²) in [5, 5.41) is 0. The van der Waals surface area contributed by atoms with Crippen LogP contribution in [0.15, 0.2) is 29.2 Å². The van der Waals surface area contributed by atoms with Crippen LogP contribution in [0.5, 0.6) is 5.75 Å². The van der Waals surface area contributed by atoms with Crippen molar-refractivity contribution in [2.45, 2.75) is 64.7 Å². The Morgan fingerprint density at radius 2 is 1.82 bits per heavy atom. The lowest BCUT2D eigenvalue weighted by molar-refractivity contribution is 0.182. The van der Waals surface area contributed by atoms with Crippen molar-refractivity contribution in [1.29, 1.82) is 0 Å². The molecule has 3 aliphatic rings. The van der Waals surface area contributed by atoms with Crippen LogP contribution in [0, 0.1) is 5.92 Å². The number of hydrogen-bond donors (Lipinski definition) is 0. The molecular weight excluding hydrogens is 452 g/mol. The molecule has 1 saturated heterocycles. The van der Waals surface area contributed by atoms with Crippen LogP contribution in [-0.2, 0) is 36.2 Å². The minimum atomic E-state index is -3.14. The van der Waals surface area contributed by atoms with Crippen molar-refractivity contribution in [3.63, 3.8) is 0 Å². The molecule has 1 aromatic heterocycles. The fraction of sp³-hybridized carbons (Fsp3) is 0.600. The molecule has 0 atom stereocenters. The Balaban J connectivity index is 1.21. The molecule has 1 saturated carbocycles. The van der Waals surface area contributed by atoms with Crippen LogP contribution >= 0.6 is 0 Å². The summed E-state index contributed by atoms with van der Waals surface area (Å²) in [7, 11) is -3.14. The van der Waals surface area contributed by atoms with Gasteiger partial charge in [0, 0.05) is 32.7 Å². The van der Waals surface area contributed by atoms with Gasteiger partial charge in [-0.1, -0.05) is 18.2 Å². The molecule has 8 nitrogen and oxygen atoms in total. The van der Waals surface area contributed by atoms with Gasteiger partial charge >= 0.3 is 0 Å². The van der Waals surface area contributed by atoms with Gasteiger partial charge in [0.05, 0.1) is 25.6 Å². The first-order chi connectivity index (χ1) is 16.3. The number of benzene rings is 1. The van der Waals surface area contributed by atoms with Gasteiger partial charge in [-0.25, -0.2) is 17.7 Å². The lowest BCUT2D eigenvalue weighted by atomic mass is 9.99. The molecule has 0 radical (unpaired) electrons.